The van der Waals surface area contributed by atoms with Crippen LogP contribution in [0.15, 0.2) is 30.3 Å². The molecule has 1 aromatic carbocycles. The maximum absolute atomic E-state index is 12.4. The number of piperazine rings is 1. The molecular weight excluding hydrogens is 266 g/mol. The van der Waals surface area contributed by atoms with Crippen LogP contribution in [0.25, 0.3) is 0 Å². The fraction of sp³-hybridized carbons (Fsp3) is 0.500. The summed E-state index contributed by atoms with van der Waals surface area (Å²) >= 11 is 0. The van der Waals surface area contributed by atoms with E-state index in [2.05, 4.69) is 22.3 Å². The number of hydrogen-bond acceptors (Lipinski definition) is 3. The average molecular weight is 287 g/mol. The number of nitrogens with zero attached hydrogens (tertiary/aromatic N) is 2. The zero-order valence-electron chi connectivity index (χ0n) is 12.3. The summed E-state index contributed by atoms with van der Waals surface area (Å²) < 4.78 is 0. The standard InChI is InChI=1S/C16H21N3O2/c1-13(20)18-9-10-19(11-14-5-3-2-4-6-14)16(12-18)7-8-17-15(16)21/h2-6H,7-12H2,1H3,(H,17,21). The lowest BCUT2D eigenvalue weighted by molar-refractivity contribution is -0.142. The summed E-state index contributed by atoms with van der Waals surface area (Å²) in [5.41, 5.74) is 0.646. The molecular formula is C16H21N3O2. The van der Waals surface area contributed by atoms with Crippen LogP contribution >= 0.6 is 0 Å². The Balaban J connectivity index is 1.85. The first-order valence-corrected chi connectivity index (χ1v) is 7.45. The molecule has 1 N–H and O–H groups in total. The Morgan fingerprint density at radius 1 is 1.29 bits per heavy atom. The summed E-state index contributed by atoms with van der Waals surface area (Å²) in [5.74, 6) is 0.109. The molecule has 1 aromatic rings. The Bertz CT molecular complexity index is 546. The monoisotopic (exact) mass is 287 g/mol. The number of rotatable bonds is 2. The van der Waals surface area contributed by atoms with Gasteiger partial charge in [0.2, 0.25) is 11.8 Å². The fourth-order valence-corrected chi connectivity index (χ4v) is 3.37. The van der Waals surface area contributed by atoms with Gasteiger partial charge in [0.25, 0.3) is 0 Å². The fourth-order valence-electron chi connectivity index (χ4n) is 3.37. The van der Waals surface area contributed by atoms with E-state index in [4.69, 9.17) is 0 Å². The van der Waals surface area contributed by atoms with Crippen molar-refractivity contribution < 1.29 is 9.59 Å². The lowest BCUT2D eigenvalue weighted by atomic mass is 9.91. The highest BCUT2D eigenvalue weighted by Crippen LogP contribution is 2.30. The van der Waals surface area contributed by atoms with Crippen molar-refractivity contribution in [3.63, 3.8) is 0 Å². The Kier molecular flexibility index (Phi) is 3.68. The minimum Gasteiger partial charge on any atom is -0.354 e. The van der Waals surface area contributed by atoms with Crippen molar-refractivity contribution in [1.29, 1.82) is 0 Å². The van der Waals surface area contributed by atoms with Crippen LogP contribution in [0.5, 0.6) is 0 Å². The van der Waals surface area contributed by atoms with Gasteiger partial charge in [-0.2, -0.15) is 0 Å². The first-order valence-electron chi connectivity index (χ1n) is 7.45. The van der Waals surface area contributed by atoms with Crippen molar-refractivity contribution >= 4 is 11.8 Å². The molecule has 0 radical (unpaired) electrons. The van der Waals surface area contributed by atoms with E-state index in [-0.39, 0.29) is 11.8 Å². The second-order valence-corrected chi connectivity index (χ2v) is 5.89. The third-order valence-electron chi connectivity index (χ3n) is 4.61. The van der Waals surface area contributed by atoms with Gasteiger partial charge in [0.1, 0.15) is 5.54 Å². The molecule has 2 saturated heterocycles. The first kappa shape index (κ1) is 14.1. The third kappa shape index (κ3) is 2.53. The average Bonchev–Trinajstić information content (AvgIpc) is 2.84. The van der Waals surface area contributed by atoms with Crippen LogP contribution in [0.1, 0.15) is 18.9 Å². The molecule has 1 atom stereocenters. The predicted octanol–water partition coefficient (Wildman–Crippen LogP) is 0.609. The van der Waals surface area contributed by atoms with Gasteiger partial charge in [0.15, 0.2) is 0 Å². The molecule has 21 heavy (non-hydrogen) atoms. The van der Waals surface area contributed by atoms with Crippen molar-refractivity contribution in [3.8, 4) is 0 Å². The normalized spacial score (nSPS) is 26.1. The van der Waals surface area contributed by atoms with Gasteiger partial charge < -0.3 is 10.2 Å². The molecule has 0 saturated carbocycles. The van der Waals surface area contributed by atoms with Crippen molar-refractivity contribution in [2.45, 2.75) is 25.4 Å². The van der Waals surface area contributed by atoms with E-state index >= 15 is 0 Å². The summed E-state index contributed by atoms with van der Waals surface area (Å²) in [7, 11) is 0. The van der Waals surface area contributed by atoms with E-state index in [1.807, 2.05) is 18.2 Å². The molecule has 3 rings (SSSR count). The molecule has 1 spiro atoms. The number of hydrogen-bond donors (Lipinski definition) is 1. The molecule has 0 aromatic heterocycles. The second kappa shape index (κ2) is 5.48. The highest BCUT2D eigenvalue weighted by Gasteiger charge is 2.50. The molecule has 5 nitrogen and oxygen atoms in total. The Hall–Kier alpha value is -1.88. The highest BCUT2D eigenvalue weighted by atomic mass is 16.2. The van der Waals surface area contributed by atoms with Gasteiger partial charge in [-0.1, -0.05) is 30.3 Å². The molecule has 1 unspecified atom stereocenters. The maximum atomic E-state index is 12.4. The van der Waals surface area contributed by atoms with E-state index in [0.717, 1.165) is 19.5 Å². The van der Waals surface area contributed by atoms with E-state index in [1.165, 1.54) is 5.56 Å². The van der Waals surface area contributed by atoms with Gasteiger partial charge in [0.05, 0.1) is 0 Å². The quantitative estimate of drug-likeness (QED) is 0.867. The molecule has 0 aliphatic carbocycles. The Morgan fingerprint density at radius 2 is 2.05 bits per heavy atom. The lowest BCUT2D eigenvalue weighted by Gasteiger charge is -2.47. The SMILES string of the molecule is CC(=O)N1CCN(Cc2ccccc2)C2(CCNC2=O)C1. The van der Waals surface area contributed by atoms with Gasteiger partial charge >= 0.3 is 0 Å². The molecule has 2 amide bonds. The molecule has 2 heterocycles. The van der Waals surface area contributed by atoms with E-state index in [9.17, 15) is 9.59 Å². The van der Waals surface area contributed by atoms with Crippen LogP contribution in [-0.2, 0) is 16.1 Å². The topological polar surface area (TPSA) is 52.7 Å². The third-order valence-corrected chi connectivity index (χ3v) is 4.61. The van der Waals surface area contributed by atoms with Crippen LogP contribution in [-0.4, -0.2) is 53.3 Å². The lowest BCUT2D eigenvalue weighted by Crippen LogP contribution is -2.65. The van der Waals surface area contributed by atoms with Crippen molar-refractivity contribution in [2.24, 2.45) is 0 Å². The van der Waals surface area contributed by atoms with Gasteiger partial charge in [-0.05, 0) is 12.0 Å². The van der Waals surface area contributed by atoms with Crippen LogP contribution in [0.2, 0.25) is 0 Å². The summed E-state index contributed by atoms with van der Waals surface area (Å²) in [4.78, 5) is 28.2. The number of benzene rings is 1. The largest absolute Gasteiger partial charge is 0.354 e. The van der Waals surface area contributed by atoms with Crippen LogP contribution in [0, 0.1) is 0 Å². The van der Waals surface area contributed by atoms with E-state index in [1.54, 1.807) is 11.8 Å². The first-order chi connectivity index (χ1) is 10.1. The molecule has 2 aliphatic rings. The van der Waals surface area contributed by atoms with Crippen LogP contribution < -0.4 is 5.32 Å². The van der Waals surface area contributed by atoms with Crippen molar-refractivity contribution in [3.05, 3.63) is 35.9 Å². The summed E-state index contributed by atoms with van der Waals surface area (Å²) in [6, 6.07) is 10.2. The highest BCUT2D eigenvalue weighted by molar-refractivity contribution is 5.89. The number of carbonyl (C=O) groups is 2. The minimum atomic E-state index is -0.556. The molecule has 5 heteroatoms. The Labute approximate surface area is 124 Å². The molecule has 112 valence electrons. The summed E-state index contributed by atoms with van der Waals surface area (Å²) in [6.45, 7) is 4.95. The number of nitrogens with one attached hydrogen (secondary N) is 1. The van der Waals surface area contributed by atoms with Crippen molar-refractivity contribution in [1.82, 2.24) is 15.1 Å². The molecule has 2 fully saturated rings. The number of amides is 2. The zero-order chi connectivity index (χ0) is 14.9. The van der Waals surface area contributed by atoms with Crippen LogP contribution in [0.4, 0.5) is 0 Å². The van der Waals surface area contributed by atoms with Crippen molar-refractivity contribution in [2.75, 3.05) is 26.2 Å². The second-order valence-electron chi connectivity index (χ2n) is 5.89. The zero-order valence-corrected chi connectivity index (χ0v) is 12.3. The van der Waals surface area contributed by atoms with E-state index in [0.29, 0.717) is 19.6 Å². The van der Waals surface area contributed by atoms with Gasteiger partial charge in [-0.25, -0.2) is 0 Å². The van der Waals surface area contributed by atoms with E-state index < -0.39 is 5.54 Å². The Morgan fingerprint density at radius 3 is 2.67 bits per heavy atom. The van der Waals surface area contributed by atoms with Gasteiger partial charge in [0, 0.05) is 39.6 Å². The molecule has 0 bridgehead atoms. The maximum Gasteiger partial charge on any atom is 0.242 e. The van der Waals surface area contributed by atoms with Gasteiger partial charge in [-0.15, -0.1) is 0 Å². The minimum absolute atomic E-state index is 0.0495. The summed E-state index contributed by atoms with van der Waals surface area (Å²) in [5, 5.41) is 2.94. The molecule has 2 aliphatic heterocycles. The van der Waals surface area contributed by atoms with Crippen LogP contribution in [0.3, 0.4) is 0 Å². The predicted molar refractivity (Wildman–Crippen MR) is 79.5 cm³/mol. The van der Waals surface area contributed by atoms with Gasteiger partial charge in [-0.3, -0.25) is 14.5 Å². The smallest absolute Gasteiger partial charge is 0.242 e. The number of carbonyl (C=O) groups excluding carboxylic acids is 2. The summed E-state index contributed by atoms with van der Waals surface area (Å²) in [6.07, 6.45) is 0.766.